The Bertz CT molecular complexity index is 193. The first kappa shape index (κ1) is 13.0. The van der Waals surface area contributed by atoms with Crippen LogP contribution < -0.4 is 5.32 Å². The van der Waals surface area contributed by atoms with E-state index >= 15 is 0 Å². The molecule has 1 atom stereocenters. The fourth-order valence-electron chi connectivity index (χ4n) is 1.92. The van der Waals surface area contributed by atoms with Gasteiger partial charge in [0.25, 0.3) is 0 Å². The molecule has 0 aromatic carbocycles. The second kappa shape index (κ2) is 7.23. The Hall–Kier alpha value is -0.0900. The summed E-state index contributed by atoms with van der Waals surface area (Å²) in [6.45, 7) is 8.34. The van der Waals surface area contributed by atoms with Crippen LogP contribution in [-0.4, -0.2) is 50.8 Å². The van der Waals surface area contributed by atoms with Crippen molar-refractivity contribution in [2.45, 2.75) is 18.9 Å². The van der Waals surface area contributed by atoms with Crippen molar-refractivity contribution in [3.05, 3.63) is 11.6 Å². The Morgan fingerprint density at radius 3 is 3.00 bits per heavy atom. The molecule has 1 saturated heterocycles. The first-order valence-electron chi connectivity index (χ1n) is 5.50. The van der Waals surface area contributed by atoms with Crippen molar-refractivity contribution in [2.75, 3.05) is 39.9 Å². The number of methoxy groups -OCH3 is 1. The fraction of sp³-hybridized carbons (Fsp3) is 0.818. The molecule has 0 saturated carbocycles. The molecule has 88 valence electrons. The molecule has 0 radical (unpaired) electrons. The van der Waals surface area contributed by atoms with Gasteiger partial charge in [0, 0.05) is 37.8 Å². The van der Waals surface area contributed by atoms with E-state index in [0.29, 0.717) is 11.1 Å². The summed E-state index contributed by atoms with van der Waals surface area (Å²) < 4.78 is 5.08. The lowest BCUT2D eigenvalue weighted by molar-refractivity contribution is 0.148. The first-order valence-corrected chi connectivity index (χ1v) is 5.88. The van der Waals surface area contributed by atoms with Gasteiger partial charge >= 0.3 is 0 Å². The number of hydrogen-bond acceptors (Lipinski definition) is 3. The van der Waals surface area contributed by atoms with Gasteiger partial charge in [-0.15, -0.1) is 0 Å². The minimum absolute atomic E-state index is 0.609. The monoisotopic (exact) mass is 232 g/mol. The summed E-state index contributed by atoms with van der Waals surface area (Å²) in [7, 11) is 1.72. The fourth-order valence-corrected chi connectivity index (χ4v) is 2.09. The van der Waals surface area contributed by atoms with E-state index in [-0.39, 0.29) is 0 Å². The van der Waals surface area contributed by atoms with Crippen molar-refractivity contribution in [2.24, 2.45) is 0 Å². The third-order valence-electron chi connectivity index (χ3n) is 2.65. The number of ether oxygens (including phenoxy) is 1. The molecule has 0 spiro atoms. The van der Waals surface area contributed by atoms with Crippen molar-refractivity contribution in [3.63, 3.8) is 0 Å². The number of hydrogen-bond donors (Lipinski definition) is 1. The van der Waals surface area contributed by atoms with Gasteiger partial charge in [-0.05, 0) is 19.4 Å². The van der Waals surface area contributed by atoms with E-state index in [1.165, 1.54) is 12.8 Å². The molecule has 4 heteroatoms. The number of halogens is 1. The van der Waals surface area contributed by atoms with Crippen LogP contribution in [0.3, 0.4) is 0 Å². The molecule has 1 aliphatic heterocycles. The van der Waals surface area contributed by atoms with Gasteiger partial charge in [-0.3, -0.25) is 4.90 Å². The summed E-state index contributed by atoms with van der Waals surface area (Å²) in [4.78, 5) is 2.29. The molecular formula is C11H21ClN2O. The molecule has 0 amide bonds. The second-order valence-corrected chi connectivity index (χ2v) is 4.57. The van der Waals surface area contributed by atoms with Gasteiger partial charge in [-0.25, -0.2) is 0 Å². The molecule has 15 heavy (non-hydrogen) atoms. The highest BCUT2D eigenvalue weighted by atomic mass is 35.5. The van der Waals surface area contributed by atoms with E-state index in [2.05, 4.69) is 16.8 Å². The molecule has 0 aromatic rings. The van der Waals surface area contributed by atoms with Crippen LogP contribution in [0.4, 0.5) is 0 Å². The zero-order valence-electron chi connectivity index (χ0n) is 9.47. The third kappa shape index (κ3) is 5.52. The Morgan fingerprint density at radius 2 is 2.47 bits per heavy atom. The van der Waals surface area contributed by atoms with E-state index in [0.717, 1.165) is 32.8 Å². The van der Waals surface area contributed by atoms with Gasteiger partial charge in [-0.1, -0.05) is 18.2 Å². The highest BCUT2D eigenvalue weighted by Gasteiger charge is 2.17. The summed E-state index contributed by atoms with van der Waals surface area (Å²) in [6, 6.07) is 0.609. The van der Waals surface area contributed by atoms with Crippen molar-refractivity contribution in [3.8, 4) is 0 Å². The average molecular weight is 233 g/mol. The number of nitrogens with zero attached hydrogens (tertiary/aromatic N) is 1. The van der Waals surface area contributed by atoms with E-state index < -0.39 is 0 Å². The van der Waals surface area contributed by atoms with Crippen LogP contribution in [-0.2, 0) is 4.74 Å². The maximum atomic E-state index is 5.84. The quantitative estimate of drug-likeness (QED) is 0.719. The predicted molar refractivity (Wildman–Crippen MR) is 64.3 cm³/mol. The standard InChI is InChI=1S/C11H21ClN2O/c1-10(12)8-14(6-7-15-2)9-11-4-3-5-13-11/h11,13H,1,3-9H2,2H3. The molecule has 1 N–H and O–H groups in total. The van der Waals surface area contributed by atoms with Gasteiger partial charge < -0.3 is 10.1 Å². The maximum Gasteiger partial charge on any atom is 0.0589 e. The van der Waals surface area contributed by atoms with Crippen molar-refractivity contribution < 1.29 is 4.74 Å². The minimum atomic E-state index is 0.609. The topological polar surface area (TPSA) is 24.5 Å². The highest BCUT2D eigenvalue weighted by molar-refractivity contribution is 6.29. The molecule has 1 unspecified atom stereocenters. The van der Waals surface area contributed by atoms with Crippen LogP contribution in [0, 0.1) is 0 Å². The van der Waals surface area contributed by atoms with E-state index in [9.17, 15) is 0 Å². The number of nitrogens with one attached hydrogen (secondary N) is 1. The summed E-state index contributed by atoms with van der Waals surface area (Å²) in [6.07, 6.45) is 2.54. The summed E-state index contributed by atoms with van der Waals surface area (Å²) in [5, 5.41) is 4.18. The molecule has 1 fully saturated rings. The lowest BCUT2D eigenvalue weighted by Gasteiger charge is -2.24. The van der Waals surface area contributed by atoms with Crippen molar-refractivity contribution in [1.82, 2.24) is 10.2 Å². The van der Waals surface area contributed by atoms with E-state index in [4.69, 9.17) is 16.3 Å². The molecule has 1 heterocycles. The number of rotatable bonds is 7. The Balaban J connectivity index is 2.29. The Labute approximate surface area is 97.4 Å². The molecule has 1 rings (SSSR count). The van der Waals surface area contributed by atoms with Crippen LogP contribution in [0.1, 0.15) is 12.8 Å². The molecule has 1 aliphatic rings. The Kier molecular flexibility index (Phi) is 6.25. The zero-order chi connectivity index (χ0) is 11.1. The van der Waals surface area contributed by atoms with Gasteiger partial charge in [0.15, 0.2) is 0 Å². The van der Waals surface area contributed by atoms with Crippen molar-refractivity contribution >= 4 is 11.6 Å². The Morgan fingerprint density at radius 1 is 1.67 bits per heavy atom. The smallest absolute Gasteiger partial charge is 0.0589 e. The van der Waals surface area contributed by atoms with Crippen LogP contribution in [0.15, 0.2) is 11.6 Å². The highest BCUT2D eigenvalue weighted by Crippen LogP contribution is 2.09. The first-order chi connectivity index (χ1) is 7.22. The van der Waals surface area contributed by atoms with Gasteiger partial charge in [0.1, 0.15) is 0 Å². The van der Waals surface area contributed by atoms with E-state index in [1.54, 1.807) is 7.11 Å². The normalized spacial score (nSPS) is 21.1. The predicted octanol–water partition coefficient (Wildman–Crippen LogP) is 1.44. The zero-order valence-corrected chi connectivity index (χ0v) is 10.2. The minimum Gasteiger partial charge on any atom is -0.383 e. The molecule has 3 nitrogen and oxygen atoms in total. The lowest BCUT2D eigenvalue weighted by Crippen LogP contribution is -2.39. The molecule has 0 bridgehead atoms. The van der Waals surface area contributed by atoms with Gasteiger partial charge in [0.05, 0.1) is 6.61 Å². The lowest BCUT2D eigenvalue weighted by atomic mass is 10.2. The molecule has 0 aliphatic carbocycles. The van der Waals surface area contributed by atoms with Gasteiger partial charge in [0.2, 0.25) is 0 Å². The van der Waals surface area contributed by atoms with Gasteiger partial charge in [-0.2, -0.15) is 0 Å². The molecule has 0 aromatic heterocycles. The van der Waals surface area contributed by atoms with E-state index in [1.807, 2.05) is 0 Å². The summed E-state index contributed by atoms with van der Waals surface area (Å²) in [5.41, 5.74) is 0. The third-order valence-corrected chi connectivity index (χ3v) is 2.77. The van der Waals surface area contributed by atoms with Crippen LogP contribution in [0.25, 0.3) is 0 Å². The largest absolute Gasteiger partial charge is 0.383 e. The van der Waals surface area contributed by atoms with Crippen LogP contribution >= 0.6 is 11.6 Å². The van der Waals surface area contributed by atoms with Crippen molar-refractivity contribution in [1.29, 1.82) is 0 Å². The SMILES string of the molecule is C=C(Cl)CN(CCOC)CC1CCCN1. The van der Waals surface area contributed by atoms with Crippen LogP contribution in [0.2, 0.25) is 0 Å². The average Bonchev–Trinajstić information content (AvgIpc) is 2.66. The molecular weight excluding hydrogens is 212 g/mol. The summed E-state index contributed by atoms with van der Waals surface area (Å²) in [5.74, 6) is 0. The van der Waals surface area contributed by atoms with Crippen LogP contribution in [0.5, 0.6) is 0 Å². The maximum absolute atomic E-state index is 5.84. The summed E-state index contributed by atoms with van der Waals surface area (Å²) >= 11 is 5.84. The second-order valence-electron chi connectivity index (χ2n) is 4.04.